The summed E-state index contributed by atoms with van der Waals surface area (Å²) in [4.78, 5) is 26.2. The van der Waals surface area contributed by atoms with Crippen molar-refractivity contribution in [2.45, 2.75) is 52.2 Å². The van der Waals surface area contributed by atoms with Crippen LogP contribution in [0.4, 0.5) is 4.79 Å². The summed E-state index contributed by atoms with van der Waals surface area (Å²) in [5.74, 6) is 0.0361. The Morgan fingerprint density at radius 1 is 1.35 bits per heavy atom. The third kappa shape index (κ3) is 2.80. The molecule has 2 aliphatic rings. The lowest BCUT2D eigenvalue weighted by molar-refractivity contribution is 0.0438. The van der Waals surface area contributed by atoms with Crippen molar-refractivity contribution in [3.05, 3.63) is 17.0 Å². The third-order valence-corrected chi connectivity index (χ3v) is 4.94. The minimum Gasteiger partial charge on any atom is -0.441 e. The lowest BCUT2D eigenvalue weighted by atomic mass is 9.95. The van der Waals surface area contributed by atoms with E-state index >= 15 is 0 Å². The number of ether oxygens (including phenoxy) is 1. The first-order valence-electron chi connectivity index (χ1n) is 8.26. The fraction of sp³-hybridized carbons (Fsp3) is 0.688. The van der Waals surface area contributed by atoms with E-state index in [0.29, 0.717) is 31.6 Å². The molecule has 7 heteroatoms. The highest BCUT2D eigenvalue weighted by molar-refractivity contribution is 5.96. The highest BCUT2D eigenvalue weighted by Gasteiger charge is 2.42. The van der Waals surface area contributed by atoms with Crippen molar-refractivity contribution in [1.82, 2.24) is 20.0 Å². The van der Waals surface area contributed by atoms with E-state index in [2.05, 4.69) is 10.4 Å². The first-order chi connectivity index (χ1) is 11.0. The van der Waals surface area contributed by atoms with Crippen molar-refractivity contribution < 1.29 is 14.3 Å². The number of likely N-dealkylation sites (tertiary alicyclic amines) is 1. The summed E-state index contributed by atoms with van der Waals surface area (Å²) in [5.41, 5.74) is 1.97. The van der Waals surface area contributed by atoms with Gasteiger partial charge in [0.05, 0.1) is 17.8 Å². The molecule has 0 unspecified atom stereocenters. The number of nitrogens with zero attached hydrogens (tertiary/aromatic N) is 3. The Kier molecular flexibility index (Phi) is 4.04. The van der Waals surface area contributed by atoms with Gasteiger partial charge in [0.1, 0.15) is 5.60 Å². The van der Waals surface area contributed by atoms with E-state index in [4.69, 9.17) is 4.74 Å². The van der Waals surface area contributed by atoms with E-state index in [1.54, 1.807) is 0 Å². The molecule has 2 saturated heterocycles. The number of carbonyl (C=O) groups is 2. The standard InChI is InChI=1S/C16H24N4O3/c1-4-20-12(3)13(11(2)18-20)14(21)19-8-5-6-16(7-9-19)10-17-15(22)23-16/h4-10H2,1-3H3,(H,17,22)/t16-/m1/s1. The number of hydrogen-bond acceptors (Lipinski definition) is 4. The molecule has 1 aromatic rings. The summed E-state index contributed by atoms with van der Waals surface area (Å²) in [6, 6.07) is 0. The quantitative estimate of drug-likeness (QED) is 0.898. The zero-order valence-corrected chi connectivity index (χ0v) is 14.0. The van der Waals surface area contributed by atoms with Crippen LogP contribution < -0.4 is 5.32 Å². The number of hydrogen-bond donors (Lipinski definition) is 1. The van der Waals surface area contributed by atoms with Crippen LogP contribution in [0.3, 0.4) is 0 Å². The van der Waals surface area contributed by atoms with Gasteiger partial charge >= 0.3 is 6.09 Å². The average Bonchev–Trinajstić information content (AvgIpc) is 2.93. The maximum atomic E-state index is 12.9. The Morgan fingerprint density at radius 2 is 2.13 bits per heavy atom. The van der Waals surface area contributed by atoms with Gasteiger partial charge in [0.25, 0.3) is 5.91 Å². The molecule has 0 aromatic carbocycles. The summed E-state index contributed by atoms with van der Waals surface area (Å²) < 4.78 is 7.33. The first kappa shape index (κ1) is 15.8. The molecule has 2 aliphatic heterocycles. The largest absolute Gasteiger partial charge is 0.441 e. The summed E-state index contributed by atoms with van der Waals surface area (Å²) in [7, 11) is 0. The fourth-order valence-corrected chi connectivity index (χ4v) is 3.62. The lowest BCUT2D eigenvalue weighted by Crippen LogP contribution is -2.37. The van der Waals surface area contributed by atoms with Gasteiger partial charge in [-0.25, -0.2) is 4.79 Å². The van der Waals surface area contributed by atoms with Crippen LogP contribution in [-0.2, 0) is 11.3 Å². The van der Waals surface area contributed by atoms with Crippen LogP contribution in [-0.4, -0.2) is 51.9 Å². The number of rotatable bonds is 2. The fourth-order valence-electron chi connectivity index (χ4n) is 3.62. The van der Waals surface area contributed by atoms with Crippen molar-refractivity contribution in [3.8, 4) is 0 Å². The number of nitrogens with one attached hydrogen (secondary N) is 1. The topological polar surface area (TPSA) is 76.5 Å². The van der Waals surface area contributed by atoms with Crippen molar-refractivity contribution in [1.29, 1.82) is 0 Å². The van der Waals surface area contributed by atoms with Gasteiger partial charge in [0.2, 0.25) is 0 Å². The molecule has 1 atom stereocenters. The molecule has 126 valence electrons. The molecular formula is C16H24N4O3. The monoisotopic (exact) mass is 320 g/mol. The zero-order valence-electron chi connectivity index (χ0n) is 14.0. The van der Waals surface area contributed by atoms with Gasteiger partial charge in [-0.2, -0.15) is 5.10 Å². The predicted molar refractivity (Wildman–Crippen MR) is 84.3 cm³/mol. The van der Waals surface area contributed by atoms with Gasteiger partial charge in [-0.1, -0.05) is 0 Å². The molecular weight excluding hydrogens is 296 g/mol. The second kappa shape index (κ2) is 5.86. The summed E-state index contributed by atoms with van der Waals surface area (Å²) in [5, 5.41) is 7.17. The van der Waals surface area contributed by atoms with Gasteiger partial charge in [-0.3, -0.25) is 9.48 Å². The van der Waals surface area contributed by atoms with Crippen LogP contribution in [0, 0.1) is 13.8 Å². The first-order valence-corrected chi connectivity index (χ1v) is 8.26. The van der Waals surface area contributed by atoms with Gasteiger partial charge in [-0.05, 0) is 33.6 Å². The Balaban J connectivity index is 1.76. The van der Waals surface area contributed by atoms with Gasteiger partial charge in [-0.15, -0.1) is 0 Å². The molecule has 23 heavy (non-hydrogen) atoms. The summed E-state index contributed by atoms with van der Waals surface area (Å²) >= 11 is 0. The Morgan fingerprint density at radius 3 is 2.74 bits per heavy atom. The number of alkyl carbamates (subject to hydrolysis) is 1. The lowest BCUT2D eigenvalue weighted by Gasteiger charge is -2.25. The Hall–Kier alpha value is -2.05. The maximum absolute atomic E-state index is 12.9. The van der Waals surface area contributed by atoms with E-state index < -0.39 is 5.60 Å². The molecule has 1 spiro atoms. The van der Waals surface area contributed by atoms with Crippen LogP contribution in [0.15, 0.2) is 0 Å². The molecule has 2 amide bonds. The number of aryl methyl sites for hydroxylation is 2. The smallest absolute Gasteiger partial charge is 0.407 e. The maximum Gasteiger partial charge on any atom is 0.407 e. The molecule has 0 saturated carbocycles. The van der Waals surface area contributed by atoms with Gasteiger partial charge in [0.15, 0.2) is 0 Å². The third-order valence-electron chi connectivity index (χ3n) is 4.94. The Labute approximate surface area is 136 Å². The van der Waals surface area contributed by atoms with Crippen molar-refractivity contribution in [3.63, 3.8) is 0 Å². The van der Waals surface area contributed by atoms with E-state index in [9.17, 15) is 9.59 Å². The number of carbonyl (C=O) groups excluding carboxylic acids is 2. The van der Waals surface area contributed by atoms with E-state index in [0.717, 1.165) is 30.8 Å². The van der Waals surface area contributed by atoms with Crippen molar-refractivity contribution in [2.75, 3.05) is 19.6 Å². The van der Waals surface area contributed by atoms with Gasteiger partial charge < -0.3 is 15.0 Å². The molecule has 3 heterocycles. The van der Waals surface area contributed by atoms with Crippen LogP contribution in [0.2, 0.25) is 0 Å². The second-order valence-electron chi connectivity index (χ2n) is 6.43. The molecule has 1 aromatic heterocycles. The number of aromatic nitrogens is 2. The minimum atomic E-state index is -0.441. The minimum absolute atomic E-state index is 0.0361. The highest BCUT2D eigenvalue weighted by Crippen LogP contribution is 2.30. The van der Waals surface area contributed by atoms with E-state index in [-0.39, 0.29) is 12.0 Å². The summed E-state index contributed by atoms with van der Waals surface area (Å²) in [6.45, 7) is 8.43. The van der Waals surface area contributed by atoms with Crippen molar-refractivity contribution >= 4 is 12.0 Å². The Bertz CT molecular complexity index is 640. The molecule has 2 fully saturated rings. The van der Waals surface area contributed by atoms with Crippen LogP contribution in [0.5, 0.6) is 0 Å². The van der Waals surface area contributed by atoms with Crippen molar-refractivity contribution in [2.24, 2.45) is 0 Å². The summed E-state index contributed by atoms with van der Waals surface area (Å²) in [6.07, 6.45) is 1.96. The van der Waals surface area contributed by atoms with Gasteiger partial charge in [0, 0.05) is 31.7 Å². The normalized spacial score (nSPS) is 24.5. The molecule has 7 nitrogen and oxygen atoms in total. The second-order valence-corrected chi connectivity index (χ2v) is 6.43. The van der Waals surface area contributed by atoms with Crippen LogP contribution in [0.25, 0.3) is 0 Å². The molecule has 3 rings (SSSR count). The van der Waals surface area contributed by atoms with E-state index in [1.165, 1.54) is 0 Å². The zero-order chi connectivity index (χ0) is 16.6. The average molecular weight is 320 g/mol. The van der Waals surface area contributed by atoms with Crippen LogP contribution >= 0.6 is 0 Å². The predicted octanol–water partition coefficient (Wildman–Crippen LogP) is 1.62. The molecule has 0 radical (unpaired) electrons. The van der Waals surface area contributed by atoms with E-state index in [1.807, 2.05) is 30.4 Å². The molecule has 0 aliphatic carbocycles. The molecule has 1 N–H and O–H groups in total. The SMILES string of the molecule is CCn1nc(C)c(C(=O)N2CCC[C@@]3(CC2)CNC(=O)O3)c1C. The highest BCUT2D eigenvalue weighted by atomic mass is 16.6. The van der Waals surface area contributed by atoms with Crippen LogP contribution in [0.1, 0.15) is 47.9 Å². The molecule has 0 bridgehead atoms. The number of amides is 2.